The van der Waals surface area contributed by atoms with Crippen molar-refractivity contribution in [3.05, 3.63) is 34.9 Å². The molecule has 0 aliphatic heterocycles. The van der Waals surface area contributed by atoms with Crippen LogP contribution < -0.4 is 10.6 Å². The second kappa shape index (κ2) is 14.9. The van der Waals surface area contributed by atoms with Crippen LogP contribution in [0.1, 0.15) is 103 Å². The lowest BCUT2D eigenvalue weighted by atomic mass is 9.96. The molecule has 0 saturated carbocycles. The molecule has 7 heteroatoms. The summed E-state index contributed by atoms with van der Waals surface area (Å²) in [4.78, 5) is 41.1. The molecule has 0 heterocycles. The lowest BCUT2D eigenvalue weighted by Crippen LogP contribution is -2.51. The van der Waals surface area contributed by atoms with Crippen molar-refractivity contribution >= 4 is 17.9 Å². The number of hydrogen-bond acceptors (Lipinski definition) is 4. The van der Waals surface area contributed by atoms with Crippen LogP contribution in [0.4, 0.5) is 4.79 Å². The highest BCUT2D eigenvalue weighted by Crippen LogP contribution is 2.28. The monoisotopic (exact) mass is 503 g/mol. The van der Waals surface area contributed by atoms with E-state index in [1.165, 1.54) is 0 Å². The molecule has 1 aromatic carbocycles. The molecule has 2 N–H and O–H groups in total. The van der Waals surface area contributed by atoms with Crippen molar-refractivity contribution in [1.29, 1.82) is 0 Å². The van der Waals surface area contributed by atoms with E-state index >= 15 is 0 Å². The topological polar surface area (TPSA) is 87.7 Å². The van der Waals surface area contributed by atoms with Crippen LogP contribution >= 0.6 is 0 Å². The highest BCUT2D eigenvalue weighted by atomic mass is 16.6. The summed E-state index contributed by atoms with van der Waals surface area (Å²) in [6.07, 6.45) is 3.99. The standard InChI is InChI=1S/C29H49N3O4/c1-10-11-12-17-30-27(34)26(24-16-14-21(4)22(5)18-24)32(23(6)15-13-20(2)3)25(33)19-31-28(35)36-29(7,8)9/h14,16,18,20,23,26H,10-13,15,17,19H2,1-9H3,(H,30,34)(H,31,35). The number of aryl methyl sites for hydroxylation is 2. The normalized spacial score (nSPS) is 13.2. The molecular formula is C29H49N3O4. The molecule has 0 aliphatic rings. The SMILES string of the molecule is CCCCCNC(=O)C(c1ccc(C)c(C)c1)N(C(=O)CNC(=O)OC(C)(C)C)C(C)CCC(C)C. The first-order chi connectivity index (χ1) is 16.8. The zero-order valence-corrected chi connectivity index (χ0v) is 24.0. The average molecular weight is 504 g/mol. The summed E-state index contributed by atoms with van der Waals surface area (Å²) < 4.78 is 5.30. The number of rotatable bonds is 13. The third kappa shape index (κ3) is 11.0. The molecule has 2 atom stereocenters. The average Bonchev–Trinajstić information content (AvgIpc) is 2.77. The van der Waals surface area contributed by atoms with E-state index in [-0.39, 0.29) is 24.4 Å². The van der Waals surface area contributed by atoms with Crippen LogP contribution in [0.5, 0.6) is 0 Å². The number of alkyl carbamates (subject to hydrolysis) is 1. The highest BCUT2D eigenvalue weighted by molar-refractivity contribution is 5.90. The first kappa shape index (κ1) is 31.5. The van der Waals surface area contributed by atoms with Gasteiger partial charge in [-0.25, -0.2) is 4.79 Å². The maximum Gasteiger partial charge on any atom is 0.408 e. The number of benzene rings is 1. The predicted octanol–water partition coefficient (Wildman–Crippen LogP) is 5.83. The molecule has 0 saturated heterocycles. The third-order valence-electron chi connectivity index (χ3n) is 6.16. The molecule has 3 amide bonds. The predicted molar refractivity (Wildman–Crippen MR) is 146 cm³/mol. The van der Waals surface area contributed by atoms with Crippen molar-refractivity contribution in [1.82, 2.24) is 15.5 Å². The van der Waals surface area contributed by atoms with Crippen LogP contribution in [0.3, 0.4) is 0 Å². The van der Waals surface area contributed by atoms with Gasteiger partial charge in [-0.1, -0.05) is 51.8 Å². The number of hydrogen-bond donors (Lipinski definition) is 2. The van der Waals surface area contributed by atoms with Gasteiger partial charge in [0, 0.05) is 12.6 Å². The van der Waals surface area contributed by atoms with Gasteiger partial charge in [-0.05, 0) is 83.4 Å². The van der Waals surface area contributed by atoms with Crippen LogP contribution in [0.25, 0.3) is 0 Å². The number of nitrogens with zero attached hydrogens (tertiary/aromatic N) is 1. The van der Waals surface area contributed by atoms with Gasteiger partial charge in [-0.3, -0.25) is 9.59 Å². The summed E-state index contributed by atoms with van der Waals surface area (Å²) in [7, 11) is 0. The van der Waals surface area contributed by atoms with Crippen LogP contribution in [0.2, 0.25) is 0 Å². The van der Waals surface area contributed by atoms with E-state index in [9.17, 15) is 14.4 Å². The van der Waals surface area contributed by atoms with E-state index in [1.54, 1.807) is 25.7 Å². The molecule has 204 valence electrons. The Labute approximate surface area is 218 Å². The fourth-order valence-electron chi connectivity index (χ4n) is 3.97. The number of amides is 3. The quantitative estimate of drug-likeness (QED) is 0.332. The van der Waals surface area contributed by atoms with E-state index in [1.807, 2.05) is 39.0 Å². The van der Waals surface area contributed by atoms with Crippen molar-refractivity contribution in [2.75, 3.05) is 13.1 Å². The second-order valence-electron chi connectivity index (χ2n) is 11.2. The van der Waals surface area contributed by atoms with Crippen molar-refractivity contribution in [2.45, 2.75) is 112 Å². The fourth-order valence-corrected chi connectivity index (χ4v) is 3.97. The Hall–Kier alpha value is -2.57. The van der Waals surface area contributed by atoms with Gasteiger partial charge in [0.25, 0.3) is 0 Å². The first-order valence-electron chi connectivity index (χ1n) is 13.4. The Bertz CT molecular complexity index is 861. The maximum absolute atomic E-state index is 13.6. The van der Waals surface area contributed by atoms with Crippen molar-refractivity contribution < 1.29 is 19.1 Å². The van der Waals surface area contributed by atoms with Gasteiger partial charge in [0.2, 0.25) is 11.8 Å². The summed E-state index contributed by atoms with van der Waals surface area (Å²) in [6.45, 7) is 18.0. The Balaban J connectivity index is 3.33. The largest absolute Gasteiger partial charge is 0.444 e. The van der Waals surface area contributed by atoms with E-state index in [0.717, 1.165) is 48.8 Å². The Morgan fingerprint density at radius 3 is 2.19 bits per heavy atom. The Kier molecular flexibility index (Phi) is 13.0. The van der Waals surface area contributed by atoms with Gasteiger partial charge in [-0.15, -0.1) is 0 Å². The molecular weight excluding hydrogens is 454 g/mol. The fraction of sp³-hybridized carbons (Fsp3) is 0.690. The molecule has 7 nitrogen and oxygen atoms in total. The summed E-state index contributed by atoms with van der Waals surface area (Å²) >= 11 is 0. The van der Waals surface area contributed by atoms with Gasteiger partial charge in [-0.2, -0.15) is 0 Å². The first-order valence-corrected chi connectivity index (χ1v) is 13.4. The molecule has 1 rings (SSSR count). The van der Waals surface area contributed by atoms with Crippen molar-refractivity contribution in [2.24, 2.45) is 5.92 Å². The second-order valence-corrected chi connectivity index (χ2v) is 11.2. The molecule has 36 heavy (non-hydrogen) atoms. The van der Waals surface area contributed by atoms with E-state index < -0.39 is 17.7 Å². The number of carbonyl (C=O) groups excluding carboxylic acids is 3. The highest BCUT2D eigenvalue weighted by Gasteiger charge is 2.35. The number of carbonyl (C=O) groups is 3. The zero-order chi connectivity index (χ0) is 27.5. The van der Waals surface area contributed by atoms with Gasteiger partial charge in [0.1, 0.15) is 18.2 Å². The summed E-state index contributed by atoms with van der Waals surface area (Å²) in [5, 5.41) is 5.64. The Morgan fingerprint density at radius 2 is 1.64 bits per heavy atom. The molecule has 0 fully saturated rings. The number of nitrogens with one attached hydrogen (secondary N) is 2. The van der Waals surface area contributed by atoms with E-state index in [2.05, 4.69) is 31.4 Å². The zero-order valence-electron chi connectivity index (χ0n) is 24.0. The van der Waals surface area contributed by atoms with Crippen LogP contribution in [-0.4, -0.2) is 47.5 Å². The molecule has 2 unspecified atom stereocenters. The van der Waals surface area contributed by atoms with Gasteiger partial charge in [0.05, 0.1) is 0 Å². The van der Waals surface area contributed by atoms with Crippen LogP contribution in [-0.2, 0) is 14.3 Å². The number of ether oxygens (including phenoxy) is 1. The lowest BCUT2D eigenvalue weighted by Gasteiger charge is -2.37. The van der Waals surface area contributed by atoms with Crippen LogP contribution in [0.15, 0.2) is 18.2 Å². The summed E-state index contributed by atoms with van der Waals surface area (Å²) in [6, 6.07) is 4.91. The maximum atomic E-state index is 13.6. The minimum Gasteiger partial charge on any atom is -0.444 e. The molecule has 0 aromatic heterocycles. The molecule has 0 radical (unpaired) electrons. The minimum absolute atomic E-state index is 0.198. The smallest absolute Gasteiger partial charge is 0.408 e. The van der Waals surface area contributed by atoms with Crippen LogP contribution in [0, 0.1) is 19.8 Å². The molecule has 0 bridgehead atoms. The lowest BCUT2D eigenvalue weighted by molar-refractivity contribution is -0.142. The van der Waals surface area contributed by atoms with E-state index in [4.69, 9.17) is 4.74 Å². The number of unbranched alkanes of at least 4 members (excludes halogenated alkanes) is 2. The van der Waals surface area contributed by atoms with Gasteiger partial charge in [0.15, 0.2) is 0 Å². The van der Waals surface area contributed by atoms with Crippen molar-refractivity contribution in [3.63, 3.8) is 0 Å². The van der Waals surface area contributed by atoms with Gasteiger partial charge >= 0.3 is 6.09 Å². The summed E-state index contributed by atoms with van der Waals surface area (Å²) in [5.74, 6) is -0.0485. The third-order valence-corrected chi connectivity index (χ3v) is 6.16. The minimum atomic E-state index is -0.791. The molecule has 0 spiro atoms. The Morgan fingerprint density at radius 1 is 0.972 bits per heavy atom. The van der Waals surface area contributed by atoms with Crippen molar-refractivity contribution in [3.8, 4) is 0 Å². The molecule has 1 aromatic rings. The van der Waals surface area contributed by atoms with Gasteiger partial charge < -0.3 is 20.3 Å². The molecule has 0 aliphatic carbocycles. The summed E-state index contributed by atoms with van der Waals surface area (Å²) in [5.41, 5.74) is 2.29. The van der Waals surface area contributed by atoms with E-state index in [0.29, 0.717) is 12.5 Å².